The van der Waals surface area contributed by atoms with Crippen molar-refractivity contribution >= 4 is 28.7 Å². The van der Waals surface area contributed by atoms with Crippen LogP contribution in [0.1, 0.15) is 24.6 Å². The summed E-state index contributed by atoms with van der Waals surface area (Å²) in [6, 6.07) is 11.6. The molecule has 1 atom stereocenters. The van der Waals surface area contributed by atoms with Crippen LogP contribution in [0.3, 0.4) is 0 Å². The molecular formula is C20H19F2N3OS. The molecule has 1 unspecified atom stereocenters. The van der Waals surface area contributed by atoms with Crippen LogP contribution in [0.4, 0.5) is 8.78 Å². The van der Waals surface area contributed by atoms with E-state index < -0.39 is 11.6 Å². The average molecular weight is 387 g/mol. The fraction of sp³-hybridized carbons (Fsp3) is 0.300. The van der Waals surface area contributed by atoms with E-state index in [0.29, 0.717) is 18.0 Å². The number of H-pyrrole nitrogens is 1. The second-order valence-electron chi connectivity index (χ2n) is 6.68. The van der Waals surface area contributed by atoms with Gasteiger partial charge in [0.2, 0.25) is 5.91 Å². The van der Waals surface area contributed by atoms with Crippen LogP contribution in [0.15, 0.2) is 47.4 Å². The van der Waals surface area contributed by atoms with Crippen molar-refractivity contribution in [1.29, 1.82) is 0 Å². The number of amides is 1. The lowest BCUT2D eigenvalue weighted by Crippen LogP contribution is -2.40. The molecule has 140 valence electrons. The van der Waals surface area contributed by atoms with E-state index in [1.807, 2.05) is 29.2 Å². The summed E-state index contributed by atoms with van der Waals surface area (Å²) < 4.78 is 26.3. The van der Waals surface area contributed by atoms with Gasteiger partial charge in [-0.2, -0.15) is 0 Å². The number of benzene rings is 2. The Kier molecular flexibility index (Phi) is 5.11. The molecule has 0 aliphatic carbocycles. The molecule has 2 aromatic carbocycles. The Morgan fingerprint density at radius 2 is 2.07 bits per heavy atom. The molecule has 0 bridgehead atoms. The third-order valence-corrected chi connectivity index (χ3v) is 5.80. The van der Waals surface area contributed by atoms with Gasteiger partial charge in [0, 0.05) is 23.9 Å². The number of likely N-dealkylation sites (tertiary alicyclic amines) is 1. The molecule has 2 heterocycles. The minimum atomic E-state index is -0.893. The van der Waals surface area contributed by atoms with Crippen molar-refractivity contribution in [3.63, 3.8) is 0 Å². The van der Waals surface area contributed by atoms with Crippen molar-refractivity contribution in [2.45, 2.75) is 23.7 Å². The van der Waals surface area contributed by atoms with Crippen LogP contribution in [-0.2, 0) is 4.79 Å². The standard InChI is InChI=1S/C20H19F2N3OS/c21-15-8-7-14(10-16(15)22)27-12-19(26)25-9-3-4-13(11-25)20-23-17-5-1-2-6-18(17)24-20/h1-2,5-8,10,13H,3-4,9,11-12H2,(H,23,24). The summed E-state index contributed by atoms with van der Waals surface area (Å²) in [4.78, 5) is 23.0. The zero-order chi connectivity index (χ0) is 18.8. The number of piperidine rings is 1. The van der Waals surface area contributed by atoms with Gasteiger partial charge in [-0.05, 0) is 43.2 Å². The third kappa shape index (κ3) is 3.98. The summed E-state index contributed by atoms with van der Waals surface area (Å²) in [6.07, 6.45) is 1.91. The summed E-state index contributed by atoms with van der Waals surface area (Å²) in [7, 11) is 0. The summed E-state index contributed by atoms with van der Waals surface area (Å²) in [6.45, 7) is 1.34. The van der Waals surface area contributed by atoms with Gasteiger partial charge >= 0.3 is 0 Å². The van der Waals surface area contributed by atoms with E-state index in [-0.39, 0.29) is 17.6 Å². The number of halogens is 2. The molecule has 1 aromatic heterocycles. The highest BCUT2D eigenvalue weighted by atomic mass is 32.2. The zero-order valence-corrected chi connectivity index (χ0v) is 15.4. The highest BCUT2D eigenvalue weighted by Gasteiger charge is 2.26. The Hall–Kier alpha value is -2.41. The van der Waals surface area contributed by atoms with E-state index >= 15 is 0 Å². The molecule has 7 heteroatoms. The second-order valence-corrected chi connectivity index (χ2v) is 7.73. The van der Waals surface area contributed by atoms with Gasteiger partial charge in [0.05, 0.1) is 16.8 Å². The first-order valence-electron chi connectivity index (χ1n) is 8.90. The van der Waals surface area contributed by atoms with Crippen LogP contribution < -0.4 is 0 Å². The lowest BCUT2D eigenvalue weighted by Gasteiger charge is -2.31. The Balaban J connectivity index is 1.39. The van der Waals surface area contributed by atoms with Crippen LogP contribution in [0.2, 0.25) is 0 Å². The van der Waals surface area contributed by atoms with Crippen LogP contribution in [0.5, 0.6) is 0 Å². The lowest BCUT2D eigenvalue weighted by atomic mass is 9.97. The van der Waals surface area contributed by atoms with E-state index in [1.165, 1.54) is 17.8 Å². The average Bonchev–Trinajstić information content (AvgIpc) is 3.13. The van der Waals surface area contributed by atoms with Crippen molar-refractivity contribution in [2.75, 3.05) is 18.8 Å². The molecule has 1 aliphatic heterocycles. The van der Waals surface area contributed by atoms with Crippen LogP contribution in [0, 0.1) is 11.6 Å². The van der Waals surface area contributed by atoms with Gasteiger partial charge in [-0.15, -0.1) is 11.8 Å². The van der Waals surface area contributed by atoms with E-state index in [4.69, 9.17) is 0 Å². The zero-order valence-electron chi connectivity index (χ0n) is 14.6. The molecule has 0 saturated carbocycles. The van der Waals surface area contributed by atoms with Gasteiger partial charge in [0.15, 0.2) is 11.6 Å². The maximum Gasteiger partial charge on any atom is 0.232 e. The number of nitrogens with zero attached hydrogens (tertiary/aromatic N) is 2. The minimum absolute atomic E-state index is 0.00513. The molecule has 0 radical (unpaired) electrons. The molecule has 1 aliphatic rings. The number of rotatable bonds is 4. The normalized spacial score (nSPS) is 17.4. The number of carbonyl (C=O) groups excluding carboxylic acids is 1. The molecule has 27 heavy (non-hydrogen) atoms. The topological polar surface area (TPSA) is 49.0 Å². The summed E-state index contributed by atoms with van der Waals surface area (Å²) in [5.41, 5.74) is 1.94. The highest BCUT2D eigenvalue weighted by molar-refractivity contribution is 8.00. The summed E-state index contributed by atoms with van der Waals surface area (Å²) >= 11 is 1.22. The first-order chi connectivity index (χ1) is 13.1. The Bertz CT molecular complexity index is 942. The number of thioether (sulfide) groups is 1. The summed E-state index contributed by atoms with van der Waals surface area (Å²) in [5, 5.41) is 0. The van der Waals surface area contributed by atoms with Gasteiger partial charge in [-0.1, -0.05) is 12.1 Å². The Labute approximate surface area is 160 Å². The molecule has 1 N–H and O–H groups in total. The van der Waals surface area contributed by atoms with Gasteiger partial charge < -0.3 is 9.88 Å². The quantitative estimate of drug-likeness (QED) is 0.678. The van der Waals surface area contributed by atoms with Crippen molar-refractivity contribution in [3.8, 4) is 0 Å². The van der Waals surface area contributed by atoms with E-state index in [2.05, 4.69) is 9.97 Å². The molecule has 0 spiro atoms. The van der Waals surface area contributed by atoms with E-state index in [1.54, 1.807) is 0 Å². The number of hydrogen-bond donors (Lipinski definition) is 1. The highest BCUT2D eigenvalue weighted by Crippen LogP contribution is 2.28. The molecule has 4 nitrogen and oxygen atoms in total. The molecule has 1 saturated heterocycles. The number of nitrogens with one attached hydrogen (secondary N) is 1. The second kappa shape index (κ2) is 7.68. The van der Waals surface area contributed by atoms with Gasteiger partial charge in [0.25, 0.3) is 0 Å². The van der Waals surface area contributed by atoms with Crippen LogP contribution >= 0.6 is 11.8 Å². The lowest BCUT2D eigenvalue weighted by molar-refractivity contribution is -0.129. The fourth-order valence-electron chi connectivity index (χ4n) is 3.40. The number of fused-ring (bicyclic) bond motifs is 1. The Morgan fingerprint density at radius 3 is 2.89 bits per heavy atom. The van der Waals surface area contributed by atoms with Crippen molar-refractivity contribution < 1.29 is 13.6 Å². The monoisotopic (exact) mass is 387 g/mol. The Morgan fingerprint density at radius 1 is 1.22 bits per heavy atom. The number of para-hydroxylation sites is 2. The molecule has 1 fully saturated rings. The fourth-order valence-corrected chi connectivity index (χ4v) is 4.22. The van der Waals surface area contributed by atoms with Crippen LogP contribution in [0.25, 0.3) is 11.0 Å². The predicted molar refractivity (Wildman–Crippen MR) is 102 cm³/mol. The number of aromatic nitrogens is 2. The number of hydrogen-bond acceptors (Lipinski definition) is 3. The van der Waals surface area contributed by atoms with Crippen molar-refractivity contribution in [3.05, 3.63) is 59.9 Å². The van der Waals surface area contributed by atoms with E-state index in [0.717, 1.165) is 41.8 Å². The maximum absolute atomic E-state index is 13.3. The number of imidazole rings is 1. The van der Waals surface area contributed by atoms with Gasteiger partial charge in [-0.25, -0.2) is 13.8 Å². The van der Waals surface area contributed by atoms with Crippen molar-refractivity contribution in [1.82, 2.24) is 14.9 Å². The molecule has 3 aromatic rings. The predicted octanol–water partition coefficient (Wildman–Crippen LogP) is 4.34. The molecule has 1 amide bonds. The third-order valence-electron chi connectivity index (χ3n) is 4.82. The molecular weight excluding hydrogens is 368 g/mol. The van der Waals surface area contributed by atoms with Crippen molar-refractivity contribution in [2.24, 2.45) is 0 Å². The first kappa shape index (κ1) is 18.0. The summed E-state index contributed by atoms with van der Waals surface area (Å²) in [5.74, 6) is -0.459. The van der Waals surface area contributed by atoms with Gasteiger partial charge in [0.1, 0.15) is 5.82 Å². The smallest absolute Gasteiger partial charge is 0.232 e. The number of aromatic amines is 1. The van der Waals surface area contributed by atoms with Crippen LogP contribution in [-0.4, -0.2) is 39.6 Å². The number of carbonyl (C=O) groups is 1. The first-order valence-corrected chi connectivity index (χ1v) is 9.89. The minimum Gasteiger partial charge on any atom is -0.342 e. The maximum atomic E-state index is 13.3. The largest absolute Gasteiger partial charge is 0.342 e. The SMILES string of the molecule is O=C(CSc1ccc(F)c(F)c1)N1CCCC(c2nc3ccccc3[nH]2)C1. The van der Waals surface area contributed by atoms with E-state index in [9.17, 15) is 13.6 Å². The molecule has 4 rings (SSSR count). The van der Waals surface area contributed by atoms with Gasteiger partial charge in [-0.3, -0.25) is 4.79 Å².